The van der Waals surface area contributed by atoms with Crippen LogP contribution in [0.2, 0.25) is 5.02 Å². The third kappa shape index (κ3) is 4.63. The van der Waals surface area contributed by atoms with Gasteiger partial charge in [-0.25, -0.2) is 0 Å². The molecule has 0 aliphatic carbocycles. The molecule has 2 aromatic rings. The molecule has 0 spiro atoms. The lowest BCUT2D eigenvalue weighted by molar-refractivity contribution is -0.118. The maximum atomic E-state index is 12.4. The summed E-state index contributed by atoms with van der Waals surface area (Å²) in [4.78, 5) is 14.2. The molecule has 0 aliphatic heterocycles. The Morgan fingerprint density at radius 1 is 1.22 bits per heavy atom. The fraction of sp³-hybridized carbons (Fsp3) is 0.278. The first kappa shape index (κ1) is 17.2. The highest BCUT2D eigenvalue weighted by Gasteiger charge is 2.13. The van der Waals surface area contributed by atoms with Gasteiger partial charge in [0, 0.05) is 30.2 Å². The molecule has 5 heteroatoms. The van der Waals surface area contributed by atoms with Crippen LogP contribution in [0.4, 0.5) is 11.4 Å². The smallest absolute Gasteiger partial charge is 0.228 e. The lowest BCUT2D eigenvalue weighted by atomic mass is 10.2. The maximum absolute atomic E-state index is 12.4. The molecule has 0 aliphatic rings. The fourth-order valence-electron chi connectivity index (χ4n) is 2.37. The van der Waals surface area contributed by atoms with E-state index in [1.165, 1.54) is 0 Å². The molecule has 23 heavy (non-hydrogen) atoms. The van der Waals surface area contributed by atoms with Crippen LogP contribution in [0.25, 0.3) is 0 Å². The van der Waals surface area contributed by atoms with Gasteiger partial charge in [-0.2, -0.15) is 0 Å². The number of rotatable bonds is 7. The molecule has 0 unspecified atom stereocenters. The van der Waals surface area contributed by atoms with Gasteiger partial charge in [0.25, 0.3) is 0 Å². The molecule has 0 atom stereocenters. The van der Waals surface area contributed by atoms with Gasteiger partial charge in [0.05, 0.1) is 12.8 Å². The van der Waals surface area contributed by atoms with E-state index >= 15 is 0 Å². The van der Waals surface area contributed by atoms with Gasteiger partial charge in [0.1, 0.15) is 5.75 Å². The van der Waals surface area contributed by atoms with Crippen LogP contribution >= 0.6 is 11.6 Å². The molecule has 1 amide bonds. The van der Waals surface area contributed by atoms with Crippen molar-refractivity contribution in [3.05, 3.63) is 53.6 Å². The predicted molar refractivity (Wildman–Crippen MR) is 95.6 cm³/mol. The molecule has 0 saturated carbocycles. The minimum absolute atomic E-state index is 0.0761. The average Bonchev–Trinajstić information content (AvgIpc) is 2.57. The van der Waals surface area contributed by atoms with Crippen molar-refractivity contribution in [1.29, 1.82) is 0 Å². The summed E-state index contributed by atoms with van der Waals surface area (Å²) in [5, 5.41) is 3.83. The van der Waals surface area contributed by atoms with Crippen LogP contribution in [0.3, 0.4) is 0 Å². The molecule has 0 saturated heterocycles. The van der Waals surface area contributed by atoms with Crippen LogP contribution in [0.1, 0.15) is 13.3 Å². The predicted octanol–water partition coefficient (Wildman–Crippen LogP) is 4.20. The van der Waals surface area contributed by atoms with E-state index in [1.54, 1.807) is 30.2 Å². The molecule has 2 rings (SSSR count). The Kier molecular flexibility index (Phi) is 6.29. The van der Waals surface area contributed by atoms with Gasteiger partial charge in [0.15, 0.2) is 0 Å². The van der Waals surface area contributed by atoms with Crippen molar-refractivity contribution in [1.82, 2.24) is 0 Å². The first-order valence-corrected chi connectivity index (χ1v) is 7.96. The number of amides is 1. The lowest BCUT2D eigenvalue weighted by Gasteiger charge is -2.21. The highest BCUT2D eigenvalue weighted by molar-refractivity contribution is 6.30. The van der Waals surface area contributed by atoms with Gasteiger partial charge in [-0.3, -0.25) is 4.79 Å². The van der Waals surface area contributed by atoms with Gasteiger partial charge < -0.3 is 15.0 Å². The molecular weight excluding hydrogens is 312 g/mol. The van der Waals surface area contributed by atoms with Crippen LogP contribution in [-0.4, -0.2) is 26.1 Å². The molecule has 0 bridgehead atoms. The van der Waals surface area contributed by atoms with E-state index in [4.69, 9.17) is 16.3 Å². The summed E-state index contributed by atoms with van der Waals surface area (Å²) in [6.07, 6.45) is 0.387. The van der Waals surface area contributed by atoms with Crippen LogP contribution in [0.5, 0.6) is 5.75 Å². The standard InChI is InChI=1S/C18H21ClN2O2/c1-3-21(15-7-5-4-6-8-15)18(22)11-12-20-16-13-14(19)9-10-17(16)23-2/h4-10,13,20H,3,11-12H2,1-2H3. The summed E-state index contributed by atoms with van der Waals surface area (Å²) in [5.41, 5.74) is 1.70. The summed E-state index contributed by atoms with van der Waals surface area (Å²) in [6.45, 7) is 3.13. The number of para-hydroxylation sites is 1. The van der Waals surface area contributed by atoms with E-state index in [-0.39, 0.29) is 5.91 Å². The van der Waals surface area contributed by atoms with Crippen LogP contribution in [-0.2, 0) is 4.79 Å². The summed E-state index contributed by atoms with van der Waals surface area (Å²) in [7, 11) is 1.60. The normalized spacial score (nSPS) is 10.2. The van der Waals surface area contributed by atoms with Crippen LogP contribution in [0.15, 0.2) is 48.5 Å². The summed E-state index contributed by atoms with van der Waals surface area (Å²) in [6, 6.07) is 15.0. The number of ether oxygens (including phenoxy) is 1. The second-order valence-corrected chi connectivity index (χ2v) is 5.43. The highest BCUT2D eigenvalue weighted by Crippen LogP contribution is 2.27. The molecule has 4 nitrogen and oxygen atoms in total. The highest BCUT2D eigenvalue weighted by atomic mass is 35.5. The Morgan fingerprint density at radius 3 is 2.61 bits per heavy atom. The van der Waals surface area contributed by atoms with Crippen molar-refractivity contribution in [3.8, 4) is 5.75 Å². The largest absolute Gasteiger partial charge is 0.495 e. The number of methoxy groups -OCH3 is 1. The van der Waals surface area contributed by atoms with Gasteiger partial charge in [-0.1, -0.05) is 29.8 Å². The van der Waals surface area contributed by atoms with Crippen molar-refractivity contribution in [3.63, 3.8) is 0 Å². The van der Waals surface area contributed by atoms with Gasteiger partial charge >= 0.3 is 0 Å². The Morgan fingerprint density at radius 2 is 1.96 bits per heavy atom. The van der Waals surface area contributed by atoms with Crippen molar-refractivity contribution >= 4 is 28.9 Å². The Hall–Kier alpha value is -2.20. The monoisotopic (exact) mass is 332 g/mol. The van der Waals surface area contributed by atoms with E-state index in [0.717, 1.165) is 11.4 Å². The van der Waals surface area contributed by atoms with Crippen molar-refractivity contribution in [2.45, 2.75) is 13.3 Å². The number of halogens is 1. The quantitative estimate of drug-likeness (QED) is 0.826. The van der Waals surface area contributed by atoms with Gasteiger partial charge in [-0.15, -0.1) is 0 Å². The van der Waals surface area contributed by atoms with Crippen LogP contribution < -0.4 is 15.0 Å². The third-order valence-corrected chi connectivity index (χ3v) is 3.74. The second kappa shape index (κ2) is 8.44. The van der Waals surface area contributed by atoms with Gasteiger partial charge in [-0.05, 0) is 37.3 Å². The number of hydrogen-bond acceptors (Lipinski definition) is 3. The zero-order valence-electron chi connectivity index (χ0n) is 13.4. The fourth-order valence-corrected chi connectivity index (χ4v) is 2.54. The number of carbonyl (C=O) groups excluding carboxylic acids is 1. The summed E-state index contributed by atoms with van der Waals surface area (Å²) in [5.74, 6) is 0.782. The summed E-state index contributed by atoms with van der Waals surface area (Å²) >= 11 is 6.00. The first-order valence-electron chi connectivity index (χ1n) is 7.58. The van der Waals surface area contributed by atoms with E-state index in [0.29, 0.717) is 30.3 Å². The maximum Gasteiger partial charge on any atom is 0.228 e. The van der Waals surface area contributed by atoms with E-state index in [9.17, 15) is 4.79 Å². The number of nitrogens with one attached hydrogen (secondary N) is 1. The molecule has 122 valence electrons. The molecule has 0 fully saturated rings. The number of nitrogens with zero attached hydrogens (tertiary/aromatic N) is 1. The van der Waals surface area contributed by atoms with Gasteiger partial charge in [0.2, 0.25) is 5.91 Å². The number of benzene rings is 2. The Labute approximate surface area is 142 Å². The SMILES string of the molecule is CCN(C(=O)CCNc1cc(Cl)ccc1OC)c1ccccc1. The molecule has 0 heterocycles. The molecule has 0 aromatic heterocycles. The van der Waals surface area contributed by atoms with E-state index in [2.05, 4.69) is 5.32 Å². The zero-order chi connectivity index (χ0) is 16.7. The van der Waals surface area contributed by atoms with E-state index < -0.39 is 0 Å². The second-order valence-electron chi connectivity index (χ2n) is 4.99. The minimum atomic E-state index is 0.0761. The summed E-state index contributed by atoms with van der Waals surface area (Å²) < 4.78 is 5.28. The number of carbonyl (C=O) groups is 1. The first-order chi connectivity index (χ1) is 11.2. The van der Waals surface area contributed by atoms with Crippen LogP contribution in [0, 0.1) is 0 Å². The molecule has 1 N–H and O–H groups in total. The van der Waals surface area contributed by atoms with Crippen molar-refractivity contribution in [2.75, 3.05) is 30.4 Å². The zero-order valence-corrected chi connectivity index (χ0v) is 14.1. The molecular formula is C18H21ClN2O2. The third-order valence-electron chi connectivity index (χ3n) is 3.50. The Balaban J connectivity index is 1.95. The number of anilines is 2. The van der Waals surface area contributed by atoms with E-state index in [1.807, 2.05) is 37.3 Å². The molecule has 2 aromatic carbocycles. The Bertz CT molecular complexity index is 647. The molecule has 0 radical (unpaired) electrons. The van der Waals surface area contributed by atoms with Crippen molar-refractivity contribution < 1.29 is 9.53 Å². The topological polar surface area (TPSA) is 41.6 Å². The van der Waals surface area contributed by atoms with Crippen molar-refractivity contribution in [2.24, 2.45) is 0 Å². The minimum Gasteiger partial charge on any atom is -0.495 e. The lowest BCUT2D eigenvalue weighted by Crippen LogP contribution is -2.31. The average molecular weight is 333 g/mol. The number of hydrogen-bond donors (Lipinski definition) is 1.